The van der Waals surface area contributed by atoms with Gasteiger partial charge in [0.15, 0.2) is 6.17 Å². The number of methoxy groups -OCH3 is 2. The number of hydrogen-bond donors (Lipinski definition) is 3. The Bertz CT molecular complexity index is 643. The standard InChI is InChI=1S/C17H24N4O3/c1-5-7-11-9-12(23-3)10-13(24-4)14(11)15(18)21(8-6-2)16(19)17(20)22/h5-6,9-10,16,18H,1-2,7-8,19H2,3-4H3,(H2,20,22). The van der Waals surface area contributed by atoms with Crippen LogP contribution in [0.15, 0.2) is 37.4 Å². The van der Waals surface area contributed by atoms with Crippen LogP contribution in [0.25, 0.3) is 0 Å². The summed E-state index contributed by atoms with van der Waals surface area (Å²) < 4.78 is 10.7. The Hall–Kier alpha value is -2.80. The molecule has 0 saturated heterocycles. The Morgan fingerprint density at radius 2 is 2.00 bits per heavy atom. The first kappa shape index (κ1) is 19.2. The zero-order valence-corrected chi connectivity index (χ0v) is 14.0. The maximum absolute atomic E-state index is 11.5. The second kappa shape index (κ2) is 8.73. The van der Waals surface area contributed by atoms with Crippen LogP contribution < -0.4 is 20.9 Å². The van der Waals surface area contributed by atoms with Crippen molar-refractivity contribution in [2.75, 3.05) is 20.8 Å². The van der Waals surface area contributed by atoms with Crippen LogP contribution in [0.2, 0.25) is 0 Å². The highest BCUT2D eigenvalue weighted by Crippen LogP contribution is 2.30. The average molecular weight is 332 g/mol. The van der Waals surface area contributed by atoms with Crippen LogP contribution in [0.4, 0.5) is 0 Å². The number of rotatable bonds is 9. The Morgan fingerprint density at radius 1 is 1.33 bits per heavy atom. The van der Waals surface area contributed by atoms with Crippen molar-refractivity contribution < 1.29 is 14.3 Å². The van der Waals surface area contributed by atoms with Gasteiger partial charge in [0, 0.05) is 12.6 Å². The molecule has 1 atom stereocenters. The van der Waals surface area contributed by atoms with Gasteiger partial charge in [0.2, 0.25) is 0 Å². The minimum absolute atomic E-state index is 0.0116. The van der Waals surface area contributed by atoms with Crippen molar-refractivity contribution in [1.29, 1.82) is 5.41 Å². The summed E-state index contributed by atoms with van der Waals surface area (Å²) in [7, 11) is 3.04. The molecule has 0 radical (unpaired) electrons. The lowest BCUT2D eigenvalue weighted by Crippen LogP contribution is -2.53. The number of nitrogens with two attached hydrogens (primary N) is 2. The lowest BCUT2D eigenvalue weighted by atomic mass is 10.0. The number of primary amides is 1. The molecule has 0 spiro atoms. The highest BCUT2D eigenvalue weighted by Gasteiger charge is 2.26. The number of hydrogen-bond acceptors (Lipinski definition) is 5. The summed E-state index contributed by atoms with van der Waals surface area (Å²) in [6.07, 6.45) is 2.58. The number of ether oxygens (including phenoxy) is 2. The Morgan fingerprint density at radius 3 is 2.46 bits per heavy atom. The summed E-state index contributed by atoms with van der Waals surface area (Å²) in [5, 5.41) is 8.54. The van der Waals surface area contributed by atoms with Crippen LogP contribution >= 0.6 is 0 Å². The number of allylic oxidation sites excluding steroid dienone is 1. The molecule has 0 heterocycles. The predicted octanol–water partition coefficient (Wildman–Crippen LogP) is 1.02. The van der Waals surface area contributed by atoms with Gasteiger partial charge in [0.05, 0.1) is 19.8 Å². The van der Waals surface area contributed by atoms with E-state index in [-0.39, 0.29) is 12.4 Å². The fraction of sp³-hybridized carbons (Fsp3) is 0.294. The molecule has 0 bridgehead atoms. The van der Waals surface area contributed by atoms with Crippen LogP contribution in [0.3, 0.4) is 0 Å². The number of nitrogens with zero attached hydrogens (tertiary/aromatic N) is 1. The topological polar surface area (TPSA) is 115 Å². The van der Waals surface area contributed by atoms with E-state index in [9.17, 15) is 4.79 Å². The van der Waals surface area contributed by atoms with E-state index in [0.29, 0.717) is 23.5 Å². The first-order valence-corrected chi connectivity index (χ1v) is 7.28. The van der Waals surface area contributed by atoms with E-state index in [1.165, 1.54) is 12.0 Å². The molecular weight excluding hydrogens is 308 g/mol. The molecular formula is C17H24N4O3. The number of amidine groups is 1. The van der Waals surface area contributed by atoms with E-state index in [2.05, 4.69) is 13.2 Å². The number of carbonyl (C=O) groups excluding carboxylic acids is 1. The Labute approximate surface area is 142 Å². The summed E-state index contributed by atoms with van der Waals surface area (Å²) in [5.41, 5.74) is 12.4. The maximum atomic E-state index is 11.5. The number of benzene rings is 1. The summed E-state index contributed by atoms with van der Waals surface area (Å²) in [6.45, 7) is 7.55. The number of carbonyl (C=O) groups is 1. The van der Waals surface area contributed by atoms with Gasteiger partial charge in [-0.3, -0.25) is 10.2 Å². The minimum Gasteiger partial charge on any atom is -0.497 e. The van der Waals surface area contributed by atoms with Crippen molar-refractivity contribution >= 4 is 11.7 Å². The van der Waals surface area contributed by atoms with E-state index in [4.69, 9.17) is 26.4 Å². The molecule has 0 aliphatic carbocycles. The highest BCUT2D eigenvalue weighted by atomic mass is 16.5. The van der Waals surface area contributed by atoms with Crippen molar-refractivity contribution in [3.63, 3.8) is 0 Å². The first-order valence-electron chi connectivity index (χ1n) is 7.28. The Kier molecular flexibility index (Phi) is 7.00. The maximum Gasteiger partial charge on any atom is 0.255 e. The van der Waals surface area contributed by atoms with Gasteiger partial charge in [-0.1, -0.05) is 12.2 Å². The van der Waals surface area contributed by atoms with E-state index >= 15 is 0 Å². The molecule has 1 unspecified atom stereocenters. The van der Waals surface area contributed by atoms with Gasteiger partial charge in [-0.15, -0.1) is 13.2 Å². The fourth-order valence-electron chi connectivity index (χ4n) is 2.29. The van der Waals surface area contributed by atoms with Crippen molar-refractivity contribution in [1.82, 2.24) is 4.90 Å². The molecule has 24 heavy (non-hydrogen) atoms. The molecule has 0 saturated carbocycles. The molecule has 7 heteroatoms. The number of amides is 1. The first-order chi connectivity index (χ1) is 11.4. The van der Waals surface area contributed by atoms with E-state index < -0.39 is 12.1 Å². The van der Waals surface area contributed by atoms with Gasteiger partial charge in [0.25, 0.3) is 5.91 Å². The second-order valence-electron chi connectivity index (χ2n) is 4.99. The van der Waals surface area contributed by atoms with Crippen molar-refractivity contribution in [3.8, 4) is 11.5 Å². The van der Waals surface area contributed by atoms with Crippen molar-refractivity contribution in [3.05, 3.63) is 48.6 Å². The monoisotopic (exact) mass is 332 g/mol. The third-order valence-electron chi connectivity index (χ3n) is 3.45. The van der Waals surface area contributed by atoms with E-state index in [1.807, 2.05) is 0 Å². The summed E-state index contributed by atoms with van der Waals surface area (Å²) >= 11 is 0. The van der Waals surface area contributed by atoms with E-state index in [0.717, 1.165) is 5.56 Å². The average Bonchev–Trinajstić information content (AvgIpc) is 2.57. The summed E-state index contributed by atoms with van der Waals surface area (Å²) in [4.78, 5) is 12.8. The summed E-state index contributed by atoms with van der Waals surface area (Å²) in [5.74, 6) is 0.300. The van der Waals surface area contributed by atoms with Crippen LogP contribution in [0.1, 0.15) is 11.1 Å². The zero-order chi connectivity index (χ0) is 18.3. The molecule has 0 fully saturated rings. The molecule has 7 nitrogen and oxygen atoms in total. The van der Waals surface area contributed by atoms with Crippen LogP contribution in [-0.2, 0) is 11.2 Å². The molecule has 1 aromatic rings. The third kappa shape index (κ3) is 4.14. The highest BCUT2D eigenvalue weighted by molar-refractivity contribution is 6.02. The molecule has 0 aromatic heterocycles. The predicted molar refractivity (Wildman–Crippen MR) is 94.3 cm³/mol. The third-order valence-corrected chi connectivity index (χ3v) is 3.45. The Balaban J connectivity index is 3.49. The van der Waals surface area contributed by atoms with Gasteiger partial charge >= 0.3 is 0 Å². The molecule has 0 aliphatic heterocycles. The van der Waals surface area contributed by atoms with Gasteiger partial charge in [-0.25, -0.2) is 0 Å². The molecule has 0 aliphatic rings. The molecule has 1 rings (SSSR count). The van der Waals surface area contributed by atoms with Crippen LogP contribution in [-0.4, -0.2) is 43.6 Å². The largest absolute Gasteiger partial charge is 0.497 e. The normalized spacial score (nSPS) is 11.3. The second-order valence-corrected chi connectivity index (χ2v) is 4.99. The van der Waals surface area contributed by atoms with Crippen LogP contribution in [0.5, 0.6) is 11.5 Å². The molecule has 130 valence electrons. The SMILES string of the molecule is C=CCc1cc(OC)cc(OC)c1C(=N)N(CC=C)C(N)C(N)=O. The van der Waals surface area contributed by atoms with Gasteiger partial charge < -0.3 is 25.8 Å². The zero-order valence-electron chi connectivity index (χ0n) is 14.0. The van der Waals surface area contributed by atoms with Gasteiger partial charge in [-0.05, 0) is 18.1 Å². The fourth-order valence-corrected chi connectivity index (χ4v) is 2.29. The quantitative estimate of drug-likeness (QED) is 0.270. The minimum atomic E-state index is -1.15. The summed E-state index contributed by atoms with van der Waals surface area (Å²) in [6, 6.07) is 3.45. The number of nitrogens with one attached hydrogen (secondary N) is 1. The van der Waals surface area contributed by atoms with Gasteiger partial charge in [0.1, 0.15) is 17.3 Å². The molecule has 1 aromatic carbocycles. The lowest BCUT2D eigenvalue weighted by Gasteiger charge is -2.30. The van der Waals surface area contributed by atoms with Crippen molar-refractivity contribution in [2.45, 2.75) is 12.6 Å². The lowest BCUT2D eigenvalue weighted by molar-refractivity contribution is -0.121. The smallest absolute Gasteiger partial charge is 0.255 e. The molecule has 1 amide bonds. The van der Waals surface area contributed by atoms with E-state index in [1.54, 1.807) is 31.4 Å². The van der Waals surface area contributed by atoms with Crippen molar-refractivity contribution in [2.24, 2.45) is 11.5 Å². The molecule has 5 N–H and O–H groups in total. The van der Waals surface area contributed by atoms with Gasteiger partial charge in [-0.2, -0.15) is 0 Å². The van der Waals surface area contributed by atoms with Crippen LogP contribution in [0, 0.1) is 5.41 Å².